The van der Waals surface area contributed by atoms with E-state index < -0.39 is 10.9 Å². The summed E-state index contributed by atoms with van der Waals surface area (Å²) >= 11 is 0. The predicted molar refractivity (Wildman–Crippen MR) is 65.0 cm³/mol. The van der Waals surface area contributed by atoms with Crippen LogP contribution < -0.4 is 0 Å². The van der Waals surface area contributed by atoms with Crippen molar-refractivity contribution in [1.29, 1.82) is 0 Å². The van der Waals surface area contributed by atoms with Crippen LogP contribution in [0.15, 0.2) is 22.6 Å². The Morgan fingerprint density at radius 1 is 1.42 bits per heavy atom. The van der Waals surface area contributed by atoms with Gasteiger partial charge in [-0.05, 0) is 25.5 Å². The number of carbonyl (C=O) groups is 1. The number of aryl methyl sites for hydroxylation is 2. The lowest BCUT2D eigenvalue weighted by molar-refractivity contribution is -0.384. The summed E-state index contributed by atoms with van der Waals surface area (Å²) in [6.45, 7) is 3.17. The molecule has 0 fully saturated rings. The van der Waals surface area contributed by atoms with E-state index in [0.29, 0.717) is 11.1 Å². The zero-order valence-corrected chi connectivity index (χ0v) is 10.2. The normalized spacial score (nSPS) is 10.4. The van der Waals surface area contributed by atoms with Crippen molar-refractivity contribution >= 4 is 11.7 Å². The van der Waals surface area contributed by atoms with E-state index >= 15 is 0 Å². The summed E-state index contributed by atoms with van der Waals surface area (Å²) in [4.78, 5) is 24.9. The summed E-state index contributed by atoms with van der Waals surface area (Å²) in [6, 6.07) is 4.20. The van der Waals surface area contributed by atoms with Crippen molar-refractivity contribution < 1.29 is 19.2 Å². The van der Waals surface area contributed by atoms with Gasteiger partial charge in [-0.15, -0.1) is 0 Å². The fourth-order valence-corrected chi connectivity index (χ4v) is 1.71. The first-order chi connectivity index (χ1) is 8.90. The number of carboxylic acid groups (broad SMARTS) is 1. The predicted octanol–water partition coefficient (Wildman–Crippen LogP) is 2.56. The van der Waals surface area contributed by atoms with Crippen LogP contribution in [0.25, 0.3) is 11.5 Å². The van der Waals surface area contributed by atoms with Gasteiger partial charge in [0, 0.05) is 17.7 Å². The maximum Gasteiger partial charge on any atom is 0.358 e. The number of nitro benzene ring substituents is 1. The molecule has 0 radical (unpaired) electrons. The van der Waals surface area contributed by atoms with Crippen molar-refractivity contribution in [1.82, 2.24) is 4.98 Å². The Morgan fingerprint density at radius 2 is 2.11 bits per heavy atom. The molecule has 7 nitrogen and oxygen atoms in total. The van der Waals surface area contributed by atoms with Crippen LogP contribution in [0.1, 0.15) is 21.8 Å². The molecule has 1 N–H and O–H groups in total. The van der Waals surface area contributed by atoms with Crippen LogP contribution in [0.3, 0.4) is 0 Å². The smallest absolute Gasteiger partial charge is 0.358 e. The highest BCUT2D eigenvalue weighted by Crippen LogP contribution is 2.27. The van der Waals surface area contributed by atoms with Crippen molar-refractivity contribution in [2.75, 3.05) is 0 Å². The third-order valence-electron chi connectivity index (χ3n) is 2.65. The van der Waals surface area contributed by atoms with Crippen LogP contribution >= 0.6 is 0 Å². The summed E-state index contributed by atoms with van der Waals surface area (Å²) < 4.78 is 5.28. The van der Waals surface area contributed by atoms with Crippen molar-refractivity contribution in [3.8, 4) is 11.5 Å². The summed E-state index contributed by atoms with van der Waals surface area (Å²) in [5.74, 6) is -0.838. The van der Waals surface area contributed by atoms with E-state index in [2.05, 4.69) is 4.98 Å². The fraction of sp³-hybridized carbons (Fsp3) is 0.167. The molecule has 1 aromatic carbocycles. The maximum atomic E-state index is 10.9. The maximum absolute atomic E-state index is 10.9. The Labute approximate surface area is 107 Å². The van der Waals surface area contributed by atoms with Gasteiger partial charge in [-0.1, -0.05) is 0 Å². The molecule has 0 saturated heterocycles. The van der Waals surface area contributed by atoms with Gasteiger partial charge in [0.1, 0.15) is 5.76 Å². The van der Waals surface area contributed by atoms with Gasteiger partial charge < -0.3 is 9.52 Å². The lowest BCUT2D eigenvalue weighted by Gasteiger charge is -2.00. The molecule has 1 heterocycles. The number of oxazole rings is 1. The molecule has 0 bridgehead atoms. The van der Waals surface area contributed by atoms with E-state index in [4.69, 9.17) is 9.52 Å². The number of aromatic carboxylic acids is 1. The molecule has 0 atom stereocenters. The second kappa shape index (κ2) is 4.52. The molecule has 1 aromatic heterocycles. The summed E-state index contributed by atoms with van der Waals surface area (Å²) in [5, 5.41) is 19.5. The highest BCUT2D eigenvalue weighted by atomic mass is 16.6. The number of hydrogen-bond donors (Lipinski definition) is 1. The van der Waals surface area contributed by atoms with E-state index in [-0.39, 0.29) is 23.0 Å². The fourth-order valence-electron chi connectivity index (χ4n) is 1.71. The van der Waals surface area contributed by atoms with Crippen LogP contribution in [0.4, 0.5) is 5.69 Å². The molecule has 0 aliphatic rings. The number of aromatic nitrogens is 1. The number of carboxylic acids is 1. The quantitative estimate of drug-likeness (QED) is 0.672. The molecular weight excluding hydrogens is 252 g/mol. The van der Waals surface area contributed by atoms with Crippen molar-refractivity contribution in [3.05, 3.63) is 45.3 Å². The molecule has 2 aromatic rings. The number of non-ortho nitro benzene ring substituents is 1. The Hall–Kier alpha value is -2.70. The van der Waals surface area contributed by atoms with Crippen LogP contribution in [0.5, 0.6) is 0 Å². The van der Waals surface area contributed by atoms with Crippen molar-refractivity contribution in [2.45, 2.75) is 13.8 Å². The Kier molecular flexibility index (Phi) is 3.04. The standard InChI is InChI=1S/C12H10N2O5/c1-6-5-8(14(17)18)3-4-9(6)11-13-10(12(15)16)7(2)19-11/h3-5H,1-2H3,(H,15,16). The number of rotatable bonds is 3. The monoisotopic (exact) mass is 262 g/mol. The van der Waals surface area contributed by atoms with Crippen molar-refractivity contribution in [2.24, 2.45) is 0 Å². The van der Waals surface area contributed by atoms with E-state index in [1.165, 1.54) is 25.1 Å². The summed E-state index contributed by atoms with van der Waals surface area (Å²) in [7, 11) is 0. The number of nitro groups is 1. The first kappa shape index (κ1) is 12.7. The molecule has 0 aliphatic carbocycles. The minimum Gasteiger partial charge on any atom is -0.476 e. The van der Waals surface area contributed by atoms with Gasteiger partial charge in [-0.2, -0.15) is 0 Å². The second-order valence-corrected chi connectivity index (χ2v) is 3.99. The summed E-state index contributed by atoms with van der Waals surface area (Å²) in [5.41, 5.74) is 0.921. The first-order valence-electron chi connectivity index (χ1n) is 5.36. The Balaban J connectivity index is 2.50. The molecule has 2 rings (SSSR count). The second-order valence-electron chi connectivity index (χ2n) is 3.99. The molecule has 19 heavy (non-hydrogen) atoms. The highest BCUT2D eigenvalue weighted by Gasteiger charge is 2.19. The third kappa shape index (κ3) is 2.30. The van der Waals surface area contributed by atoms with Gasteiger partial charge in [-0.3, -0.25) is 10.1 Å². The number of nitrogens with zero attached hydrogens (tertiary/aromatic N) is 2. The molecule has 7 heteroatoms. The van der Waals surface area contributed by atoms with Crippen LogP contribution in [-0.4, -0.2) is 21.0 Å². The van der Waals surface area contributed by atoms with E-state index in [1.807, 2.05) is 0 Å². The Bertz CT molecular complexity index is 675. The molecule has 0 amide bonds. The molecular formula is C12H10N2O5. The van der Waals surface area contributed by atoms with Gasteiger partial charge in [0.25, 0.3) is 5.69 Å². The number of benzene rings is 1. The highest BCUT2D eigenvalue weighted by molar-refractivity contribution is 5.87. The summed E-state index contributed by atoms with van der Waals surface area (Å²) in [6.07, 6.45) is 0. The molecule has 0 unspecified atom stereocenters. The zero-order chi connectivity index (χ0) is 14.2. The minimum atomic E-state index is -1.17. The molecule has 0 spiro atoms. The van der Waals surface area contributed by atoms with Gasteiger partial charge in [0.15, 0.2) is 5.69 Å². The molecule has 0 saturated carbocycles. The SMILES string of the molecule is Cc1cc([N+](=O)[O-])ccc1-c1nc(C(=O)O)c(C)o1. The van der Waals surface area contributed by atoms with Crippen LogP contribution in [-0.2, 0) is 0 Å². The third-order valence-corrected chi connectivity index (χ3v) is 2.65. The largest absolute Gasteiger partial charge is 0.476 e. The van der Waals surface area contributed by atoms with Crippen LogP contribution in [0, 0.1) is 24.0 Å². The van der Waals surface area contributed by atoms with Gasteiger partial charge in [-0.25, -0.2) is 9.78 Å². The first-order valence-corrected chi connectivity index (χ1v) is 5.36. The van der Waals surface area contributed by atoms with Gasteiger partial charge >= 0.3 is 5.97 Å². The Morgan fingerprint density at radius 3 is 2.58 bits per heavy atom. The molecule has 98 valence electrons. The molecule has 0 aliphatic heterocycles. The van der Waals surface area contributed by atoms with Gasteiger partial charge in [0.05, 0.1) is 4.92 Å². The lowest BCUT2D eigenvalue weighted by atomic mass is 10.1. The van der Waals surface area contributed by atoms with E-state index in [9.17, 15) is 14.9 Å². The minimum absolute atomic E-state index is 0.0389. The van der Waals surface area contributed by atoms with E-state index in [1.54, 1.807) is 6.92 Å². The van der Waals surface area contributed by atoms with Crippen molar-refractivity contribution in [3.63, 3.8) is 0 Å². The van der Waals surface area contributed by atoms with E-state index in [0.717, 1.165) is 0 Å². The zero-order valence-electron chi connectivity index (χ0n) is 10.2. The van der Waals surface area contributed by atoms with Crippen LogP contribution in [0.2, 0.25) is 0 Å². The average molecular weight is 262 g/mol. The number of hydrogen-bond acceptors (Lipinski definition) is 5. The topological polar surface area (TPSA) is 106 Å². The van der Waals surface area contributed by atoms with Gasteiger partial charge in [0.2, 0.25) is 5.89 Å². The average Bonchev–Trinajstić information content (AvgIpc) is 2.71. The lowest BCUT2D eigenvalue weighted by Crippen LogP contribution is -1.98.